The second kappa shape index (κ2) is 8.93. The van der Waals surface area contributed by atoms with E-state index in [9.17, 15) is 0 Å². The zero-order chi connectivity index (χ0) is 12.5. The lowest BCUT2D eigenvalue weighted by atomic mass is 9.84. The van der Waals surface area contributed by atoms with Crippen molar-refractivity contribution in [2.24, 2.45) is 17.6 Å². The molecule has 0 aromatic heterocycles. The predicted molar refractivity (Wildman–Crippen MR) is 76.1 cm³/mol. The zero-order valence-electron chi connectivity index (χ0n) is 11.9. The molecule has 3 N–H and O–H groups in total. The molecule has 1 rings (SSSR count). The Hall–Kier alpha value is -0.0800. The van der Waals surface area contributed by atoms with Gasteiger partial charge in [-0.3, -0.25) is 0 Å². The van der Waals surface area contributed by atoms with E-state index in [1.54, 1.807) is 0 Å². The number of nitrogens with one attached hydrogen (secondary N) is 1. The van der Waals surface area contributed by atoms with Gasteiger partial charge in [0.1, 0.15) is 0 Å². The van der Waals surface area contributed by atoms with Crippen LogP contribution in [0.2, 0.25) is 0 Å². The molecular weight excluding hydrogens is 208 g/mol. The standard InChI is InChI=1S/C15H32N2/c1-3-13(4-2)12-17-15(11-16)10-14-8-6-5-7-9-14/h13-15,17H,3-12,16H2,1-2H3. The van der Waals surface area contributed by atoms with Gasteiger partial charge in [0.2, 0.25) is 0 Å². The molecule has 2 nitrogen and oxygen atoms in total. The SMILES string of the molecule is CCC(CC)CNC(CN)CC1CCCCC1. The van der Waals surface area contributed by atoms with Gasteiger partial charge in [-0.1, -0.05) is 58.8 Å². The molecule has 0 amide bonds. The molecule has 17 heavy (non-hydrogen) atoms. The number of rotatable bonds is 8. The molecule has 0 spiro atoms. The van der Waals surface area contributed by atoms with Crippen molar-refractivity contribution in [3.8, 4) is 0 Å². The lowest BCUT2D eigenvalue weighted by molar-refractivity contribution is 0.290. The fraction of sp³-hybridized carbons (Fsp3) is 1.00. The number of nitrogens with two attached hydrogens (primary N) is 1. The monoisotopic (exact) mass is 240 g/mol. The molecule has 1 fully saturated rings. The number of hydrogen-bond donors (Lipinski definition) is 2. The molecular formula is C15H32N2. The van der Waals surface area contributed by atoms with Crippen molar-refractivity contribution in [3.63, 3.8) is 0 Å². The van der Waals surface area contributed by atoms with Gasteiger partial charge >= 0.3 is 0 Å². The molecule has 102 valence electrons. The van der Waals surface area contributed by atoms with Crippen LogP contribution >= 0.6 is 0 Å². The Labute approximate surface area is 108 Å². The summed E-state index contributed by atoms with van der Waals surface area (Å²) < 4.78 is 0. The minimum absolute atomic E-state index is 0.554. The lowest BCUT2D eigenvalue weighted by Gasteiger charge is -2.27. The highest BCUT2D eigenvalue weighted by Crippen LogP contribution is 2.27. The molecule has 0 aromatic rings. The molecule has 0 aliphatic heterocycles. The van der Waals surface area contributed by atoms with Gasteiger partial charge in [-0.2, -0.15) is 0 Å². The third kappa shape index (κ3) is 5.87. The summed E-state index contributed by atoms with van der Waals surface area (Å²) in [5.41, 5.74) is 5.90. The van der Waals surface area contributed by atoms with E-state index in [-0.39, 0.29) is 0 Å². The highest BCUT2D eigenvalue weighted by Gasteiger charge is 2.18. The summed E-state index contributed by atoms with van der Waals surface area (Å²) >= 11 is 0. The van der Waals surface area contributed by atoms with Crippen molar-refractivity contribution >= 4 is 0 Å². The Balaban J connectivity index is 2.22. The lowest BCUT2D eigenvalue weighted by Crippen LogP contribution is -2.40. The first-order valence-electron chi connectivity index (χ1n) is 7.73. The molecule has 1 aliphatic carbocycles. The maximum Gasteiger partial charge on any atom is 0.0193 e. The first kappa shape index (κ1) is 15.0. The fourth-order valence-electron chi connectivity index (χ4n) is 3.00. The maximum absolute atomic E-state index is 5.90. The molecule has 0 bridgehead atoms. The van der Waals surface area contributed by atoms with E-state index in [0.29, 0.717) is 6.04 Å². The largest absolute Gasteiger partial charge is 0.329 e. The topological polar surface area (TPSA) is 38.0 Å². The van der Waals surface area contributed by atoms with Crippen LogP contribution in [0.4, 0.5) is 0 Å². The van der Waals surface area contributed by atoms with Crippen LogP contribution in [-0.4, -0.2) is 19.1 Å². The van der Waals surface area contributed by atoms with Gasteiger partial charge in [-0.05, 0) is 24.8 Å². The highest BCUT2D eigenvalue weighted by molar-refractivity contribution is 4.76. The third-order valence-corrected chi connectivity index (χ3v) is 4.48. The van der Waals surface area contributed by atoms with Gasteiger partial charge in [-0.25, -0.2) is 0 Å². The molecule has 0 radical (unpaired) electrons. The van der Waals surface area contributed by atoms with Gasteiger partial charge < -0.3 is 11.1 Å². The predicted octanol–water partition coefficient (Wildman–Crippen LogP) is 3.31. The summed E-state index contributed by atoms with van der Waals surface area (Å²) in [5, 5.41) is 3.69. The molecule has 2 heteroatoms. The van der Waals surface area contributed by atoms with Gasteiger partial charge in [0.15, 0.2) is 0 Å². The molecule has 1 aliphatic rings. The van der Waals surface area contributed by atoms with E-state index in [0.717, 1.165) is 24.9 Å². The Morgan fingerprint density at radius 3 is 2.29 bits per heavy atom. The van der Waals surface area contributed by atoms with Crippen LogP contribution < -0.4 is 11.1 Å². The van der Waals surface area contributed by atoms with E-state index in [2.05, 4.69) is 19.2 Å². The van der Waals surface area contributed by atoms with E-state index in [4.69, 9.17) is 5.73 Å². The minimum Gasteiger partial charge on any atom is -0.329 e. The van der Waals surface area contributed by atoms with Gasteiger partial charge in [0.25, 0.3) is 0 Å². The summed E-state index contributed by atoms with van der Waals surface area (Å²) in [6.07, 6.45) is 11.1. The average molecular weight is 240 g/mol. The highest BCUT2D eigenvalue weighted by atomic mass is 14.9. The van der Waals surface area contributed by atoms with Gasteiger partial charge in [0.05, 0.1) is 0 Å². The maximum atomic E-state index is 5.90. The van der Waals surface area contributed by atoms with Crippen LogP contribution in [0.25, 0.3) is 0 Å². The van der Waals surface area contributed by atoms with E-state index in [1.165, 1.54) is 51.4 Å². The first-order chi connectivity index (χ1) is 8.30. The summed E-state index contributed by atoms with van der Waals surface area (Å²) in [4.78, 5) is 0. The summed E-state index contributed by atoms with van der Waals surface area (Å²) in [6.45, 7) is 6.53. The molecule has 0 aromatic carbocycles. The van der Waals surface area contributed by atoms with Crippen molar-refractivity contribution in [2.75, 3.05) is 13.1 Å². The molecule has 0 heterocycles. The second-order valence-corrected chi connectivity index (χ2v) is 5.76. The molecule has 1 saturated carbocycles. The summed E-state index contributed by atoms with van der Waals surface area (Å²) in [5.74, 6) is 1.77. The Morgan fingerprint density at radius 1 is 1.12 bits per heavy atom. The van der Waals surface area contributed by atoms with E-state index in [1.807, 2.05) is 0 Å². The van der Waals surface area contributed by atoms with Crippen molar-refractivity contribution in [2.45, 2.75) is 71.3 Å². The second-order valence-electron chi connectivity index (χ2n) is 5.76. The molecule has 0 saturated heterocycles. The van der Waals surface area contributed by atoms with E-state index >= 15 is 0 Å². The van der Waals surface area contributed by atoms with Gasteiger partial charge in [0, 0.05) is 12.6 Å². The Kier molecular flexibility index (Phi) is 7.87. The van der Waals surface area contributed by atoms with E-state index < -0.39 is 0 Å². The van der Waals surface area contributed by atoms with Crippen molar-refractivity contribution in [1.82, 2.24) is 5.32 Å². The third-order valence-electron chi connectivity index (χ3n) is 4.48. The smallest absolute Gasteiger partial charge is 0.0193 e. The zero-order valence-corrected chi connectivity index (χ0v) is 11.9. The minimum atomic E-state index is 0.554. The first-order valence-corrected chi connectivity index (χ1v) is 7.73. The summed E-state index contributed by atoms with van der Waals surface area (Å²) in [6, 6.07) is 0.554. The Morgan fingerprint density at radius 2 is 1.76 bits per heavy atom. The molecule has 1 unspecified atom stereocenters. The van der Waals surface area contributed by atoms with Crippen LogP contribution in [0.15, 0.2) is 0 Å². The van der Waals surface area contributed by atoms with Crippen LogP contribution in [0.3, 0.4) is 0 Å². The van der Waals surface area contributed by atoms with Crippen molar-refractivity contribution in [1.29, 1.82) is 0 Å². The fourth-order valence-corrected chi connectivity index (χ4v) is 3.00. The number of hydrogen-bond acceptors (Lipinski definition) is 2. The van der Waals surface area contributed by atoms with Crippen LogP contribution in [0.5, 0.6) is 0 Å². The molecule has 1 atom stereocenters. The van der Waals surface area contributed by atoms with Crippen molar-refractivity contribution in [3.05, 3.63) is 0 Å². The average Bonchev–Trinajstić information content (AvgIpc) is 2.39. The van der Waals surface area contributed by atoms with Crippen LogP contribution in [0.1, 0.15) is 65.2 Å². The van der Waals surface area contributed by atoms with Crippen molar-refractivity contribution < 1.29 is 0 Å². The van der Waals surface area contributed by atoms with Crippen LogP contribution in [-0.2, 0) is 0 Å². The quantitative estimate of drug-likeness (QED) is 0.683. The normalized spacial score (nSPS) is 19.8. The summed E-state index contributed by atoms with van der Waals surface area (Å²) in [7, 11) is 0. The van der Waals surface area contributed by atoms with Gasteiger partial charge in [-0.15, -0.1) is 0 Å². The van der Waals surface area contributed by atoms with Crippen LogP contribution in [0, 0.1) is 11.8 Å². The Bertz CT molecular complexity index is 172.